The van der Waals surface area contributed by atoms with Crippen molar-refractivity contribution in [1.29, 1.82) is 0 Å². The van der Waals surface area contributed by atoms with Gasteiger partial charge in [0, 0.05) is 25.4 Å². The van der Waals surface area contributed by atoms with Crippen LogP contribution in [0.4, 0.5) is 0 Å². The van der Waals surface area contributed by atoms with E-state index < -0.39 is 0 Å². The van der Waals surface area contributed by atoms with Gasteiger partial charge in [0.05, 0.1) is 10.9 Å². The van der Waals surface area contributed by atoms with Crippen LogP contribution in [0.5, 0.6) is 0 Å². The average molecular weight is 306 g/mol. The molecule has 1 unspecified atom stereocenters. The number of hydrogen-bond donors (Lipinski definition) is 3. The molecule has 0 bridgehead atoms. The van der Waals surface area contributed by atoms with Gasteiger partial charge in [0.1, 0.15) is 0 Å². The summed E-state index contributed by atoms with van der Waals surface area (Å²) >= 11 is 0. The molecule has 2 rings (SSSR count). The fraction of sp³-hybridized carbons (Fsp3) is 0.533. The van der Waals surface area contributed by atoms with Crippen LogP contribution in [0.2, 0.25) is 0 Å². The summed E-state index contributed by atoms with van der Waals surface area (Å²) in [5.41, 5.74) is 1.10. The quantitative estimate of drug-likeness (QED) is 0.757. The Bertz CT molecular complexity index is 745. The van der Waals surface area contributed by atoms with Gasteiger partial charge < -0.3 is 10.4 Å². The Morgan fingerprint density at radius 2 is 2.18 bits per heavy atom. The van der Waals surface area contributed by atoms with Crippen molar-refractivity contribution in [2.24, 2.45) is 13.0 Å². The number of rotatable bonds is 5. The van der Waals surface area contributed by atoms with Gasteiger partial charge in [-0.05, 0) is 25.3 Å². The van der Waals surface area contributed by atoms with E-state index in [1.54, 1.807) is 20.0 Å². The van der Waals surface area contributed by atoms with E-state index in [2.05, 4.69) is 15.4 Å². The van der Waals surface area contributed by atoms with E-state index >= 15 is 0 Å². The number of aromatic nitrogens is 3. The number of aliphatic hydroxyl groups excluding tert-OH is 1. The number of aromatic amines is 1. The van der Waals surface area contributed by atoms with E-state index in [0.29, 0.717) is 23.3 Å². The molecule has 7 nitrogen and oxygen atoms in total. The lowest BCUT2D eigenvalue weighted by Crippen LogP contribution is -2.39. The first-order chi connectivity index (χ1) is 10.3. The predicted molar refractivity (Wildman–Crippen MR) is 83.9 cm³/mol. The van der Waals surface area contributed by atoms with Crippen LogP contribution < -0.4 is 10.9 Å². The molecule has 22 heavy (non-hydrogen) atoms. The summed E-state index contributed by atoms with van der Waals surface area (Å²) in [5.74, 6) is -0.136. The minimum absolute atomic E-state index is 0.000168. The van der Waals surface area contributed by atoms with E-state index in [9.17, 15) is 9.59 Å². The molecule has 0 aliphatic heterocycles. The van der Waals surface area contributed by atoms with E-state index in [1.165, 1.54) is 4.68 Å². The van der Waals surface area contributed by atoms with Gasteiger partial charge in [-0.1, -0.05) is 13.8 Å². The smallest absolute Gasteiger partial charge is 0.274 e. The maximum Gasteiger partial charge on any atom is 0.274 e. The molecule has 0 spiro atoms. The number of aliphatic hydroxyl groups is 1. The Kier molecular flexibility index (Phi) is 4.65. The van der Waals surface area contributed by atoms with Crippen LogP contribution in [-0.2, 0) is 7.05 Å². The highest BCUT2D eigenvalue weighted by Gasteiger charge is 2.21. The highest BCUT2D eigenvalue weighted by Crippen LogP contribution is 2.15. The highest BCUT2D eigenvalue weighted by atomic mass is 16.3. The predicted octanol–water partition coefficient (Wildman–Crippen LogP) is 0.707. The number of carbonyl (C=O) groups is 1. The molecule has 3 N–H and O–H groups in total. The molecule has 2 heterocycles. The van der Waals surface area contributed by atoms with Crippen molar-refractivity contribution in [3.8, 4) is 0 Å². The van der Waals surface area contributed by atoms with Gasteiger partial charge in [0.2, 0.25) is 0 Å². The normalized spacial score (nSPS) is 12.8. The number of fused-ring (bicyclic) bond motifs is 1. The van der Waals surface area contributed by atoms with Gasteiger partial charge >= 0.3 is 0 Å². The van der Waals surface area contributed by atoms with E-state index in [1.807, 2.05) is 13.8 Å². The molecular formula is C15H22N4O3. The summed E-state index contributed by atoms with van der Waals surface area (Å²) in [7, 11) is 1.68. The average Bonchev–Trinajstić information content (AvgIpc) is 2.72. The lowest BCUT2D eigenvalue weighted by molar-refractivity contribution is 0.0918. The monoisotopic (exact) mass is 306 g/mol. The minimum atomic E-state index is -0.335. The zero-order chi connectivity index (χ0) is 16.4. The second-order valence-corrected chi connectivity index (χ2v) is 5.85. The van der Waals surface area contributed by atoms with E-state index in [0.717, 1.165) is 0 Å². The van der Waals surface area contributed by atoms with Crippen LogP contribution in [-0.4, -0.2) is 38.4 Å². The largest absolute Gasteiger partial charge is 0.396 e. The number of pyridine rings is 1. The molecule has 0 aliphatic carbocycles. The first-order valence-electron chi connectivity index (χ1n) is 7.33. The van der Waals surface area contributed by atoms with E-state index in [-0.39, 0.29) is 35.4 Å². The number of amides is 1. The second-order valence-electron chi connectivity index (χ2n) is 5.85. The minimum Gasteiger partial charge on any atom is -0.396 e. The van der Waals surface area contributed by atoms with Crippen molar-refractivity contribution in [1.82, 2.24) is 20.1 Å². The maximum absolute atomic E-state index is 12.6. The molecule has 0 aromatic carbocycles. The molecule has 2 aromatic rings. The summed E-state index contributed by atoms with van der Waals surface area (Å²) in [6, 6.07) is 1.47. The summed E-state index contributed by atoms with van der Waals surface area (Å²) in [6.07, 6.45) is 0.474. The molecule has 2 aromatic heterocycles. The van der Waals surface area contributed by atoms with Crippen LogP contribution in [0.15, 0.2) is 10.9 Å². The molecule has 120 valence electrons. The SMILES string of the molecule is Cc1cc(C(=O)NC(CCO)C(C)C)c2c(=O)[nH]n(C)c2n1. The van der Waals surface area contributed by atoms with Crippen LogP contribution in [0.1, 0.15) is 36.3 Å². The Morgan fingerprint density at radius 3 is 2.77 bits per heavy atom. The van der Waals surface area contributed by atoms with Crippen LogP contribution >= 0.6 is 0 Å². The molecule has 7 heteroatoms. The van der Waals surface area contributed by atoms with Gasteiger partial charge in [-0.15, -0.1) is 0 Å². The molecule has 0 saturated carbocycles. The van der Waals surface area contributed by atoms with Gasteiger partial charge in [-0.3, -0.25) is 19.4 Å². The van der Waals surface area contributed by atoms with Crippen molar-refractivity contribution in [2.75, 3.05) is 6.61 Å². The summed E-state index contributed by atoms with van der Waals surface area (Å²) in [5, 5.41) is 14.9. The lowest BCUT2D eigenvalue weighted by Gasteiger charge is -2.21. The topological polar surface area (TPSA) is 100 Å². The summed E-state index contributed by atoms with van der Waals surface area (Å²) < 4.78 is 1.51. The zero-order valence-electron chi connectivity index (χ0n) is 13.3. The van der Waals surface area contributed by atoms with Crippen molar-refractivity contribution in [3.63, 3.8) is 0 Å². The first-order valence-corrected chi connectivity index (χ1v) is 7.33. The number of carbonyl (C=O) groups excluding carboxylic acids is 1. The Hall–Kier alpha value is -2.15. The Morgan fingerprint density at radius 1 is 1.50 bits per heavy atom. The summed E-state index contributed by atoms with van der Waals surface area (Å²) in [6.45, 7) is 5.73. The van der Waals surface area contributed by atoms with Gasteiger partial charge in [0.15, 0.2) is 5.65 Å². The van der Waals surface area contributed by atoms with Crippen LogP contribution in [0.25, 0.3) is 11.0 Å². The molecular weight excluding hydrogens is 284 g/mol. The molecule has 0 saturated heterocycles. The number of H-pyrrole nitrogens is 1. The zero-order valence-corrected chi connectivity index (χ0v) is 13.3. The van der Waals surface area contributed by atoms with E-state index in [4.69, 9.17) is 5.11 Å². The van der Waals surface area contributed by atoms with Crippen molar-refractivity contribution in [2.45, 2.75) is 33.2 Å². The summed E-state index contributed by atoms with van der Waals surface area (Å²) in [4.78, 5) is 28.9. The van der Waals surface area contributed by atoms with Crippen molar-refractivity contribution in [3.05, 3.63) is 27.7 Å². The first kappa shape index (κ1) is 16.2. The molecule has 1 atom stereocenters. The standard InChI is InChI=1S/C15H22N4O3/c1-8(2)11(5-6-20)17-14(21)10-7-9(3)16-13-12(10)15(22)18-19(13)4/h7-8,11,20H,5-6H2,1-4H3,(H,17,21)(H,18,22). The lowest BCUT2D eigenvalue weighted by atomic mass is 10.0. The maximum atomic E-state index is 12.6. The Balaban J connectivity index is 2.45. The van der Waals surface area contributed by atoms with Gasteiger partial charge in [0.25, 0.3) is 11.5 Å². The molecule has 0 radical (unpaired) electrons. The van der Waals surface area contributed by atoms with Crippen molar-refractivity contribution < 1.29 is 9.90 Å². The second kappa shape index (κ2) is 6.31. The third-order valence-electron chi connectivity index (χ3n) is 3.75. The molecule has 0 fully saturated rings. The van der Waals surface area contributed by atoms with Gasteiger partial charge in [-0.2, -0.15) is 0 Å². The number of nitrogens with zero attached hydrogens (tertiary/aromatic N) is 2. The van der Waals surface area contributed by atoms with Crippen LogP contribution in [0.3, 0.4) is 0 Å². The fourth-order valence-electron chi connectivity index (χ4n) is 2.52. The highest BCUT2D eigenvalue weighted by molar-refractivity contribution is 6.05. The third-order valence-corrected chi connectivity index (χ3v) is 3.75. The van der Waals surface area contributed by atoms with Gasteiger partial charge in [-0.25, -0.2) is 4.98 Å². The van der Waals surface area contributed by atoms with Crippen LogP contribution in [0, 0.1) is 12.8 Å². The third kappa shape index (κ3) is 3.04. The molecule has 0 aliphatic rings. The number of nitrogens with one attached hydrogen (secondary N) is 2. The Labute approximate surface area is 128 Å². The fourth-order valence-corrected chi connectivity index (χ4v) is 2.52. The van der Waals surface area contributed by atoms with Crippen molar-refractivity contribution >= 4 is 16.9 Å². The molecule has 1 amide bonds. The number of hydrogen-bond acceptors (Lipinski definition) is 4. The number of aryl methyl sites for hydroxylation is 2.